The normalized spacial score (nSPS) is 13.8. The van der Waals surface area contributed by atoms with Gasteiger partial charge in [0.15, 0.2) is 0 Å². The van der Waals surface area contributed by atoms with E-state index in [1.54, 1.807) is 18.1 Å². The van der Waals surface area contributed by atoms with Crippen LogP contribution in [0.15, 0.2) is 67.0 Å². The maximum absolute atomic E-state index is 12.7. The summed E-state index contributed by atoms with van der Waals surface area (Å²) in [6.07, 6.45) is 3.09. The average Bonchev–Trinajstić information content (AvgIpc) is 2.80. The predicted octanol–water partition coefficient (Wildman–Crippen LogP) is 3.33. The van der Waals surface area contributed by atoms with E-state index in [9.17, 15) is 4.79 Å². The minimum absolute atomic E-state index is 0.205. The molecule has 4 rings (SSSR count). The molecule has 1 saturated heterocycles. The largest absolute Gasteiger partial charge is 0.378 e. The highest BCUT2D eigenvalue weighted by Gasteiger charge is 2.17. The van der Waals surface area contributed by atoms with Crippen molar-refractivity contribution in [3.63, 3.8) is 0 Å². The predicted molar refractivity (Wildman–Crippen MR) is 114 cm³/mol. The number of morpholine rings is 1. The Hall–Kier alpha value is -3.45. The molecule has 29 heavy (non-hydrogen) atoms. The second-order valence-corrected chi connectivity index (χ2v) is 6.73. The van der Waals surface area contributed by atoms with Crippen LogP contribution in [0.1, 0.15) is 10.5 Å². The SMILES string of the molecule is CN(C(=O)c1cnc(Nc2ccccc2N2CCOCC2)cn1)c1ccccc1. The van der Waals surface area contributed by atoms with Gasteiger partial charge in [0.05, 0.1) is 37.0 Å². The number of aromatic nitrogens is 2. The van der Waals surface area contributed by atoms with Crippen molar-refractivity contribution >= 4 is 28.8 Å². The topological polar surface area (TPSA) is 70.6 Å². The van der Waals surface area contributed by atoms with Gasteiger partial charge in [-0.15, -0.1) is 0 Å². The first-order valence-corrected chi connectivity index (χ1v) is 9.56. The van der Waals surface area contributed by atoms with Gasteiger partial charge in [-0.2, -0.15) is 0 Å². The van der Waals surface area contributed by atoms with Crippen LogP contribution in [0.5, 0.6) is 0 Å². The zero-order chi connectivity index (χ0) is 20.1. The molecule has 0 saturated carbocycles. The van der Waals surface area contributed by atoms with E-state index >= 15 is 0 Å². The maximum atomic E-state index is 12.7. The number of carbonyl (C=O) groups is 1. The molecule has 0 unspecified atom stereocenters. The van der Waals surface area contributed by atoms with Gasteiger partial charge in [0.2, 0.25) is 0 Å². The van der Waals surface area contributed by atoms with Crippen molar-refractivity contribution in [3.05, 3.63) is 72.7 Å². The molecule has 148 valence electrons. The number of carbonyl (C=O) groups excluding carboxylic acids is 1. The summed E-state index contributed by atoms with van der Waals surface area (Å²) in [6, 6.07) is 17.5. The lowest BCUT2D eigenvalue weighted by Crippen LogP contribution is -2.36. The Morgan fingerprint density at radius 1 is 1.00 bits per heavy atom. The van der Waals surface area contributed by atoms with Gasteiger partial charge in [-0.05, 0) is 24.3 Å². The third-order valence-electron chi connectivity index (χ3n) is 4.84. The Kier molecular flexibility index (Phi) is 5.67. The molecule has 2 aromatic carbocycles. The molecule has 2 heterocycles. The quantitative estimate of drug-likeness (QED) is 0.722. The van der Waals surface area contributed by atoms with E-state index in [4.69, 9.17) is 4.74 Å². The van der Waals surface area contributed by atoms with Crippen molar-refractivity contribution in [2.45, 2.75) is 0 Å². The summed E-state index contributed by atoms with van der Waals surface area (Å²) in [5.41, 5.74) is 3.15. The first kappa shape index (κ1) is 18.9. The Morgan fingerprint density at radius 2 is 1.72 bits per heavy atom. The lowest BCUT2D eigenvalue weighted by Gasteiger charge is -2.30. The van der Waals surface area contributed by atoms with E-state index < -0.39 is 0 Å². The number of hydrogen-bond donors (Lipinski definition) is 1. The fraction of sp³-hybridized carbons (Fsp3) is 0.227. The van der Waals surface area contributed by atoms with Crippen molar-refractivity contribution in [1.82, 2.24) is 9.97 Å². The molecule has 1 aliphatic rings. The summed E-state index contributed by atoms with van der Waals surface area (Å²) in [7, 11) is 1.73. The van der Waals surface area contributed by atoms with Gasteiger partial charge in [0, 0.05) is 25.8 Å². The molecule has 1 aliphatic heterocycles. The minimum Gasteiger partial charge on any atom is -0.378 e. The second kappa shape index (κ2) is 8.70. The number of para-hydroxylation sites is 3. The Morgan fingerprint density at radius 3 is 2.45 bits per heavy atom. The van der Waals surface area contributed by atoms with Crippen molar-refractivity contribution in [2.75, 3.05) is 48.5 Å². The zero-order valence-electron chi connectivity index (χ0n) is 16.3. The Balaban J connectivity index is 1.48. The van der Waals surface area contributed by atoms with Crippen LogP contribution < -0.4 is 15.1 Å². The number of anilines is 4. The molecule has 1 amide bonds. The van der Waals surface area contributed by atoms with Crippen molar-refractivity contribution in [3.8, 4) is 0 Å². The third kappa shape index (κ3) is 4.35. The molecule has 0 atom stereocenters. The molecule has 7 nitrogen and oxygen atoms in total. The highest BCUT2D eigenvalue weighted by molar-refractivity contribution is 6.04. The Labute approximate surface area is 170 Å². The number of benzene rings is 2. The van der Waals surface area contributed by atoms with Crippen LogP contribution in [-0.2, 0) is 4.74 Å². The maximum Gasteiger partial charge on any atom is 0.278 e. The molecular formula is C22H23N5O2. The van der Waals surface area contributed by atoms with Crippen LogP contribution >= 0.6 is 0 Å². The van der Waals surface area contributed by atoms with Gasteiger partial charge in [-0.3, -0.25) is 4.79 Å². The molecule has 1 N–H and O–H groups in total. The van der Waals surface area contributed by atoms with Crippen LogP contribution in [0.4, 0.5) is 22.9 Å². The van der Waals surface area contributed by atoms with Gasteiger partial charge in [0.1, 0.15) is 11.5 Å². The van der Waals surface area contributed by atoms with Crippen LogP contribution in [0.25, 0.3) is 0 Å². The molecule has 0 bridgehead atoms. The number of nitrogens with zero attached hydrogens (tertiary/aromatic N) is 4. The summed E-state index contributed by atoms with van der Waals surface area (Å²) < 4.78 is 5.45. The fourth-order valence-electron chi connectivity index (χ4n) is 3.24. The van der Waals surface area contributed by atoms with E-state index in [1.165, 1.54) is 6.20 Å². The number of hydrogen-bond acceptors (Lipinski definition) is 6. The van der Waals surface area contributed by atoms with Crippen LogP contribution in [0.2, 0.25) is 0 Å². The Bertz CT molecular complexity index is 956. The lowest BCUT2D eigenvalue weighted by molar-refractivity contribution is 0.0988. The molecular weight excluding hydrogens is 366 g/mol. The second-order valence-electron chi connectivity index (χ2n) is 6.73. The lowest BCUT2D eigenvalue weighted by atomic mass is 10.2. The van der Waals surface area contributed by atoms with E-state index in [2.05, 4.69) is 26.3 Å². The van der Waals surface area contributed by atoms with E-state index in [1.807, 2.05) is 48.5 Å². The van der Waals surface area contributed by atoms with Gasteiger partial charge >= 0.3 is 0 Å². The summed E-state index contributed by atoms with van der Waals surface area (Å²) in [5, 5.41) is 3.32. The van der Waals surface area contributed by atoms with Gasteiger partial charge in [-0.25, -0.2) is 9.97 Å². The van der Waals surface area contributed by atoms with Gasteiger partial charge in [-0.1, -0.05) is 30.3 Å². The van der Waals surface area contributed by atoms with Crippen LogP contribution in [-0.4, -0.2) is 49.2 Å². The molecule has 0 radical (unpaired) electrons. The number of ether oxygens (including phenoxy) is 1. The van der Waals surface area contributed by atoms with Crippen LogP contribution in [0.3, 0.4) is 0 Å². The number of amides is 1. The molecule has 1 aromatic heterocycles. The average molecular weight is 389 g/mol. The van der Waals surface area contributed by atoms with Gasteiger partial charge < -0.3 is 19.9 Å². The standard InChI is InChI=1S/C22H23N5O2/c1-26(17-7-3-2-4-8-17)22(28)19-15-24-21(16-23-19)25-18-9-5-6-10-20(18)27-11-13-29-14-12-27/h2-10,15-16H,11-14H2,1H3,(H,24,25). The highest BCUT2D eigenvalue weighted by atomic mass is 16.5. The number of nitrogens with one attached hydrogen (secondary N) is 1. The molecule has 7 heteroatoms. The fourth-order valence-corrected chi connectivity index (χ4v) is 3.24. The first-order valence-electron chi connectivity index (χ1n) is 9.56. The minimum atomic E-state index is -0.205. The van der Waals surface area contributed by atoms with E-state index in [-0.39, 0.29) is 5.91 Å². The smallest absolute Gasteiger partial charge is 0.278 e. The highest BCUT2D eigenvalue weighted by Crippen LogP contribution is 2.28. The van der Waals surface area contributed by atoms with Crippen molar-refractivity contribution < 1.29 is 9.53 Å². The number of rotatable bonds is 5. The molecule has 3 aromatic rings. The molecule has 0 spiro atoms. The third-order valence-corrected chi connectivity index (χ3v) is 4.84. The first-order chi connectivity index (χ1) is 14.2. The van der Waals surface area contributed by atoms with E-state index in [0.717, 1.165) is 43.4 Å². The summed E-state index contributed by atoms with van der Waals surface area (Å²) >= 11 is 0. The molecule has 1 fully saturated rings. The van der Waals surface area contributed by atoms with Crippen molar-refractivity contribution in [1.29, 1.82) is 0 Å². The zero-order valence-corrected chi connectivity index (χ0v) is 16.3. The van der Waals surface area contributed by atoms with Gasteiger partial charge in [0.25, 0.3) is 5.91 Å². The summed E-state index contributed by atoms with van der Waals surface area (Å²) in [5.74, 6) is 0.383. The van der Waals surface area contributed by atoms with Crippen molar-refractivity contribution in [2.24, 2.45) is 0 Å². The van der Waals surface area contributed by atoms with Crippen LogP contribution in [0, 0.1) is 0 Å². The summed E-state index contributed by atoms with van der Waals surface area (Å²) in [6.45, 7) is 3.15. The summed E-state index contributed by atoms with van der Waals surface area (Å²) in [4.78, 5) is 25.2. The molecule has 0 aliphatic carbocycles. The monoisotopic (exact) mass is 389 g/mol. The van der Waals surface area contributed by atoms with E-state index in [0.29, 0.717) is 11.5 Å².